The fourth-order valence-electron chi connectivity index (χ4n) is 1.89. The molecule has 0 atom stereocenters. The van der Waals surface area contributed by atoms with Crippen LogP contribution in [-0.2, 0) is 5.41 Å². The second-order valence-corrected chi connectivity index (χ2v) is 6.23. The Labute approximate surface area is 123 Å². The molecule has 0 aliphatic carbocycles. The van der Waals surface area contributed by atoms with Crippen molar-refractivity contribution in [2.45, 2.75) is 26.2 Å². The van der Waals surface area contributed by atoms with Crippen LogP contribution < -0.4 is 5.56 Å². The van der Waals surface area contributed by atoms with Gasteiger partial charge in [0, 0.05) is 11.5 Å². The lowest BCUT2D eigenvalue weighted by molar-refractivity contribution is -0.384. The molecule has 1 heterocycles. The van der Waals surface area contributed by atoms with Crippen molar-refractivity contribution in [1.82, 2.24) is 9.78 Å². The van der Waals surface area contributed by atoms with Crippen LogP contribution in [0.25, 0.3) is 5.69 Å². The highest BCUT2D eigenvalue weighted by Crippen LogP contribution is 2.28. The van der Waals surface area contributed by atoms with Gasteiger partial charge < -0.3 is 0 Å². The van der Waals surface area contributed by atoms with E-state index < -0.39 is 4.92 Å². The van der Waals surface area contributed by atoms with E-state index in [-0.39, 0.29) is 22.3 Å². The molecule has 0 amide bonds. The van der Waals surface area contributed by atoms with Crippen LogP contribution in [0, 0.1) is 10.1 Å². The van der Waals surface area contributed by atoms with Gasteiger partial charge in [0.25, 0.3) is 11.2 Å². The summed E-state index contributed by atoms with van der Waals surface area (Å²) in [5.74, 6) is 0. The van der Waals surface area contributed by atoms with Crippen LogP contribution in [0.4, 0.5) is 5.69 Å². The Morgan fingerprint density at radius 2 is 1.90 bits per heavy atom. The second kappa shape index (κ2) is 4.90. The highest BCUT2D eigenvalue weighted by Gasteiger charge is 2.25. The molecule has 1 aromatic carbocycles. The molecule has 106 valence electrons. The van der Waals surface area contributed by atoms with E-state index in [4.69, 9.17) is 0 Å². The Hall–Kier alpha value is -1.89. The summed E-state index contributed by atoms with van der Waals surface area (Å²) in [6.45, 7) is 5.85. The van der Waals surface area contributed by atoms with Crippen molar-refractivity contribution < 1.29 is 4.92 Å². The average Bonchev–Trinajstić information content (AvgIpc) is 2.66. The molecule has 0 spiro atoms. The van der Waals surface area contributed by atoms with E-state index in [1.54, 1.807) is 12.1 Å². The zero-order valence-electron chi connectivity index (χ0n) is 11.3. The lowest BCUT2D eigenvalue weighted by Crippen LogP contribution is -2.16. The van der Waals surface area contributed by atoms with Gasteiger partial charge in [-0.2, -0.15) is 0 Å². The molecule has 1 N–H and O–H groups in total. The van der Waals surface area contributed by atoms with E-state index in [0.29, 0.717) is 10.2 Å². The van der Waals surface area contributed by atoms with Gasteiger partial charge in [0.15, 0.2) is 0 Å². The lowest BCUT2D eigenvalue weighted by atomic mass is 9.93. The number of aromatic amines is 1. The molecule has 6 nitrogen and oxygen atoms in total. The smallest absolute Gasteiger partial charge is 0.293 e. The summed E-state index contributed by atoms with van der Waals surface area (Å²) < 4.78 is 1.59. The van der Waals surface area contributed by atoms with Gasteiger partial charge in [0.1, 0.15) is 10.2 Å². The summed E-state index contributed by atoms with van der Waals surface area (Å²) >= 11 is 3.26. The van der Waals surface area contributed by atoms with Gasteiger partial charge in [-0.15, -0.1) is 0 Å². The molecule has 2 aromatic rings. The highest BCUT2D eigenvalue weighted by atomic mass is 79.9. The molecular formula is C13H14BrN3O3. The number of hydrogen-bond donors (Lipinski definition) is 1. The van der Waals surface area contributed by atoms with E-state index in [9.17, 15) is 14.9 Å². The van der Waals surface area contributed by atoms with Crippen LogP contribution in [0.1, 0.15) is 26.5 Å². The summed E-state index contributed by atoms with van der Waals surface area (Å²) in [7, 11) is 0. The third-order valence-corrected chi connectivity index (χ3v) is 3.64. The van der Waals surface area contributed by atoms with Crippen molar-refractivity contribution in [3.05, 3.63) is 54.9 Å². The predicted molar refractivity (Wildman–Crippen MR) is 79.4 cm³/mol. The molecule has 0 saturated carbocycles. The van der Waals surface area contributed by atoms with E-state index in [1.165, 1.54) is 16.8 Å². The summed E-state index contributed by atoms with van der Waals surface area (Å²) in [5, 5.41) is 14.0. The molecule has 0 unspecified atom stereocenters. The molecule has 1 aromatic heterocycles. The minimum absolute atomic E-state index is 0.121. The number of nitrogens with one attached hydrogen (secondary N) is 1. The number of rotatable bonds is 2. The molecule has 0 aliphatic heterocycles. The number of halogens is 1. The van der Waals surface area contributed by atoms with Gasteiger partial charge in [-0.05, 0) is 22.0 Å². The zero-order chi connectivity index (χ0) is 15.1. The number of nitro groups is 1. The summed E-state index contributed by atoms with van der Waals surface area (Å²) in [6, 6.07) is 6.12. The third-order valence-electron chi connectivity index (χ3n) is 2.90. The van der Waals surface area contributed by atoms with Crippen molar-refractivity contribution in [2.75, 3.05) is 0 Å². The maximum atomic E-state index is 12.3. The third kappa shape index (κ3) is 2.40. The molecule has 0 saturated heterocycles. The quantitative estimate of drug-likeness (QED) is 0.674. The molecule has 0 radical (unpaired) electrons. The first kappa shape index (κ1) is 14.5. The fraction of sp³-hybridized carbons (Fsp3) is 0.308. The van der Waals surface area contributed by atoms with Crippen molar-refractivity contribution >= 4 is 21.6 Å². The molecule has 0 fully saturated rings. The van der Waals surface area contributed by atoms with E-state index in [0.717, 1.165) is 0 Å². The van der Waals surface area contributed by atoms with Crippen LogP contribution >= 0.6 is 15.9 Å². The first-order valence-electron chi connectivity index (χ1n) is 5.98. The van der Waals surface area contributed by atoms with Crippen molar-refractivity contribution in [1.29, 1.82) is 0 Å². The van der Waals surface area contributed by atoms with Gasteiger partial charge in [-0.1, -0.05) is 32.9 Å². The van der Waals surface area contributed by atoms with E-state index in [2.05, 4.69) is 21.0 Å². The number of aromatic nitrogens is 2. The summed E-state index contributed by atoms with van der Waals surface area (Å²) in [4.78, 5) is 22.8. The van der Waals surface area contributed by atoms with Gasteiger partial charge in [-0.3, -0.25) is 20.0 Å². The van der Waals surface area contributed by atoms with Crippen LogP contribution in [0.3, 0.4) is 0 Å². The molecule has 7 heteroatoms. The van der Waals surface area contributed by atoms with Crippen LogP contribution in [0.2, 0.25) is 0 Å². The van der Waals surface area contributed by atoms with Gasteiger partial charge >= 0.3 is 0 Å². The molecule has 20 heavy (non-hydrogen) atoms. The number of H-pyrrole nitrogens is 1. The van der Waals surface area contributed by atoms with Crippen LogP contribution in [-0.4, -0.2) is 14.7 Å². The minimum atomic E-state index is -0.507. The fourth-order valence-corrected chi connectivity index (χ4v) is 2.75. The highest BCUT2D eigenvalue weighted by molar-refractivity contribution is 9.10. The van der Waals surface area contributed by atoms with Crippen molar-refractivity contribution in [2.24, 2.45) is 0 Å². The minimum Gasteiger partial charge on any atom is -0.293 e. The number of para-hydroxylation sites is 2. The maximum Gasteiger partial charge on any atom is 0.294 e. The van der Waals surface area contributed by atoms with E-state index in [1.807, 2.05) is 20.8 Å². The topological polar surface area (TPSA) is 80.9 Å². The van der Waals surface area contributed by atoms with Gasteiger partial charge in [-0.25, -0.2) is 4.68 Å². The summed E-state index contributed by atoms with van der Waals surface area (Å²) in [6.07, 6.45) is 0. The Bertz CT molecular complexity index is 725. The van der Waals surface area contributed by atoms with Crippen LogP contribution in [0.5, 0.6) is 0 Å². The molecule has 0 bridgehead atoms. The Morgan fingerprint density at radius 3 is 2.40 bits per heavy atom. The van der Waals surface area contributed by atoms with Crippen molar-refractivity contribution in [3.63, 3.8) is 0 Å². The van der Waals surface area contributed by atoms with Gasteiger partial charge in [0.05, 0.1) is 10.6 Å². The monoisotopic (exact) mass is 339 g/mol. The molecule has 2 rings (SSSR count). The summed E-state index contributed by atoms with van der Waals surface area (Å²) in [5.41, 5.74) is 0.166. The standard InChI is InChI=1S/C13H14BrN3O3/c1-13(2,3)11-10(14)12(18)16(15-11)8-6-4-5-7-9(8)17(19)20/h4-7,15H,1-3H3. The van der Waals surface area contributed by atoms with E-state index >= 15 is 0 Å². The van der Waals surface area contributed by atoms with Crippen LogP contribution in [0.15, 0.2) is 33.5 Å². The normalized spacial score (nSPS) is 11.6. The number of benzene rings is 1. The average molecular weight is 340 g/mol. The SMILES string of the molecule is CC(C)(C)c1[nH]n(-c2ccccc2[N+](=O)[O-])c(=O)c1Br. The predicted octanol–water partition coefficient (Wildman–Crippen LogP) is 3.13. The number of nitro benzene ring substituents is 1. The maximum absolute atomic E-state index is 12.3. The zero-order valence-corrected chi connectivity index (χ0v) is 12.9. The molecular weight excluding hydrogens is 326 g/mol. The number of nitrogens with zero attached hydrogens (tertiary/aromatic N) is 2. The largest absolute Gasteiger partial charge is 0.294 e. The first-order valence-corrected chi connectivity index (χ1v) is 6.77. The Kier molecular flexibility index (Phi) is 3.56. The first-order chi connectivity index (χ1) is 9.23. The second-order valence-electron chi connectivity index (χ2n) is 5.44. The Morgan fingerprint density at radius 1 is 1.30 bits per heavy atom. The van der Waals surface area contributed by atoms with Crippen molar-refractivity contribution in [3.8, 4) is 5.69 Å². The lowest BCUT2D eigenvalue weighted by Gasteiger charge is -2.16. The molecule has 0 aliphatic rings. The Balaban J connectivity index is 2.73. The van der Waals surface area contributed by atoms with Gasteiger partial charge in [0.2, 0.25) is 0 Å². The number of hydrogen-bond acceptors (Lipinski definition) is 3.